The molecule has 21 heavy (non-hydrogen) atoms. The van der Waals surface area contributed by atoms with E-state index in [0.29, 0.717) is 12.3 Å². The molecule has 2 atom stereocenters. The zero-order chi connectivity index (χ0) is 15.9. The van der Waals surface area contributed by atoms with Crippen LogP contribution in [-0.2, 0) is 4.79 Å². The summed E-state index contributed by atoms with van der Waals surface area (Å²) in [6.45, 7) is 5.74. The van der Waals surface area contributed by atoms with Crippen LogP contribution in [0.4, 0.5) is 0 Å². The largest absolute Gasteiger partial charge is 0.480 e. The van der Waals surface area contributed by atoms with Gasteiger partial charge < -0.3 is 10.2 Å². The minimum absolute atomic E-state index is 0.129. The standard InChI is InChI=1S/C17H27NO3/c1-4-13(5-2)11-17(3,16(20)21)18-15(12-19)14-9-7-6-8-10-14/h6-10,13,15,18-19H,4-5,11-12H2,1-3H3,(H,20,21)/t15?,17-/m0/s1. The van der Waals surface area contributed by atoms with Gasteiger partial charge in [0.25, 0.3) is 0 Å². The summed E-state index contributed by atoms with van der Waals surface area (Å²) >= 11 is 0. The van der Waals surface area contributed by atoms with Crippen molar-refractivity contribution in [3.8, 4) is 0 Å². The lowest BCUT2D eigenvalue weighted by atomic mass is 9.85. The molecule has 0 aliphatic heterocycles. The van der Waals surface area contributed by atoms with Gasteiger partial charge in [0.1, 0.15) is 5.54 Å². The molecule has 0 fully saturated rings. The second-order valence-electron chi connectivity index (χ2n) is 5.81. The van der Waals surface area contributed by atoms with E-state index in [-0.39, 0.29) is 12.6 Å². The summed E-state index contributed by atoms with van der Waals surface area (Å²) in [5.41, 5.74) is -0.142. The minimum Gasteiger partial charge on any atom is -0.480 e. The summed E-state index contributed by atoms with van der Waals surface area (Å²) in [5, 5.41) is 22.4. The number of aliphatic carboxylic acids is 1. The van der Waals surface area contributed by atoms with Gasteiger partial charge in [0.05, 0.1) is 12.6 Å². The smallest absolute Gasteiger partial charge is 0.323 e. The average Bonchev–Trinajstić information content (AvgIpc) is 2.51. The van der Waals surface area contributed by atoms with E-state index in [1.165, 1.54) is 0 Å². The Labute approximate surface area is 127 Å². The maximum Gasteiger partial charge on any atom is 0.323 e. The van der Waals surface area contributed by atoms with Gasteiger partial charge in [-0.3, -0.25) is 10.1 Å². The van der Waals surface area contributed by atoms with Crippen LogP contribution in [0.15, 0.2) is 30.3 Å². The first kappa shape index (κ1) is 17.7. The van der Waals surface area contributed by atoms with Gasteiger partial charge in [-0.2, -0.15) is 0 Å². The summed E-state index contributed by atoms with van der Waals surface area (Å²) in [6.07, 6.45) is 2.46. The molecule has 3 N–H and O–H groups in total. The molecule has 0 bridgehead atoms. The van der Waals surface area contributed by atoms with Gasteiger partial charge in [0, 0.05) is 0 Å². The lowest BCUT2D eigenvalue weighted by Gasteiger charge is -2.33. The van der Waals surface area contributed by atoms with Crippen molar-refractivity contribution >= 4 is 5.97 Å². The fourth-order valence-corrected chi connectivity index (χ4v) is 2.67. The molecule has 4 heteroatoms. The van der Waals surface area contributed by atoms with E-state index in [1.807, 2.05) is 30.3 Å². The first-order valence-electron chi connectivity index (χ1n) is 7.63. The van der Waals surface area contributed by atoms with E-state index in [2.05, 4.69) is 19.2 Å². The van der Waals surface area contributed by atoms with Gasteiger partial charge >= 0.3 is 5.97 Å². The monoisotopic (exact) mass is 293 g/mol. The Morgan fingerprint density at radius 2 is 1.81 bits per heavy atom. The fourth-order valence-electron chi connectivity index (χ4n) is 2.67. The quantitative estimate of drug-likeness (QED) is 0.654. The van der Waals surface area contributed by atoms with Crippen LogP contribution < -0.4 is 5.32 Å². The van der Waals surface area contributed by atoms with E-state index in [4.69, 9.17) is 0 Å². The summed E-state index contributed by atoms with van der Waals surface area (Å²) in [6, 6.07) is 9.10. The number of hydrogen-bond acceptors (Lipinski definition) is 3. The number of carboxylic acids is 1. The van der Waals surface area contributed by atoms with Gasteiger partial charge in [-0.25, -0.2) is 0 Å². The lowest BCUT2D eigenvalue weighted by Crippen LogP contribution is -2.52. The third-order valence-electron chi connectivity index (χ3n) is 4.20. The van der Waals surface area contributed by atoms with Crippen LogP contribution in [0.3, 0.4) is 0 Å². The highest BCUT2D eigenvalue weighted by Gasteiger charge is 2.37. The number of carboxylic acid groups (broad SMARTS) is 1. The van der Waals surface area contributed by atoms with Gasteiger partial charge in [-0.05, 0) is 24.8 Å². The highest BCUT2D eigenvalue weighted by Crippen LogP contribution is 2.26. The van der Waals surface area contributed by atoms with E-state index in [0.717, 1.165) is 18.4 Å². The molecule has 1 aromatic rings. The van der Waals surface area contributed by atoms with Crippen LogP contribution in [0.25, 0.3) is 0 Å². The topological polar surface area (TPSA) is 69.6 Å². The first-order chi connectivity index (χ1) is 9.96. The third-order valence-corrected chi connectivity index (χ3v) is 4.20. The molecule has 0 heterocycles. The second-order valence-corrected chi connectivity index (χ2v) is 5.81. The number of rotatable bonds is 9. The van der Waals surface area contributed by atoms with Gasteiger partial charge in [0.15, 0.2) is 0 Å². The van der Waals surface area contributed by atoms with Crippen molar-refractivity contribution in [2.45, 2.75) is 51.6 Å². The number of aliphatic hydroxyl groups is 1. The normalized spacial score (nSPS) is 15.7. The predicted molar refractivity (Wildman–Crippen MR) is 84.1 cm³/mol. The van der Waals surface area contributed by atoms with Crippen molar-refractivity contribution in [1.82, 2.24) is 5.32 Å². The van der Waals surface area contributed by atoms with E-state index in [9.17, 15) is 15.0 Å². The van der Waals surface area contributed by atoms with Gasteiger partial charge in [0.2, 0.25) is 0 Å². The van der Waals surface area contributed by atoms with Crippen molar-refractivity contribution in [3.63, 3.8) is 0 Å². The zero-order valence-electron chi connectivity index (χ0n) is 13.2. The number of hydrogen-bond donors (Lipinski definition) is 3. The van der Waals surface area contributed by atoms with Gasteiger partial charge in [-0.15, -0.1) is 0 Å². The molecule has 118 valence electrons. The molecule has 0 saturated carbocycles. The Hall–Kier alpha value is -1.39. The van der Waals surface area contributed by atoms with E-state index in [1.54, 1.807) is 6.92 Å². The molecule has 0 amide bonds. The van der Waals surface area contributed by atoms with Crippen molar-refractivity contribution in [3.05, 3.63) is 35.9 Å². The van der Waals surface area contributed by atoms with Gasteiger partial charge in [-0.1, -0.05) is 57.0 Å². The molecule has 0 radical (unpaired) electrons. The first-order valence-corrected chi connectivity index (χ1v) is 7.63. The van der Waals surface area contributed by atoms with Crippen molar-refractivity contribution in [2.75, 3.05) is 6.61 Å². The average molecular weight is 293 g/mol. The minimum atomic E-state index is -1.04. The molecule has 0 spiro atoms. The van der Waals surface area contributed by atoms with Crippen molar-refractivity contribution in [2.24, 2.45) is 5.92 Å². The molecular weight excluding hydrogens is 266 g/mol. The van der Waals surface area contributed by atoms with Crippen LogP contribution in [0, 0.1) is 5.92 Å². The Kier molecular flexibility index (Phi) is 6.85. The van der Waals surface area contributed by atoms with Crippen molar-refractivity contribution in [1.29, 1.82) is 0 Å². The maximum absolute atomic E-state index is 11.7. The fraction of sp³-hybridized carbons (Fsp3) is 0.588. The zero-order valence-corrected chi connectivity index (χ0v) is 13.2. The summed E-state index contributed by atoms with van der Waals surface area (Å²) in [5.74, 6) is -0.516. The van der Waals surface area contributed by atoms with Crippen LogP contribution in [-0.4, -0.2) is 28.3 Å². The van der Waals surface area contributed by atoms with Crippen molar-refractivity contribution < 1.29 is 15.0 Å². The Bertz CT molecular complexity index is 431. The molecule has 1 rings (SSSR count). The summed E-state index contributed by atoms with van der Waals surface area (Å²) < 4.78 is 0. The van der Waals surface area contributed by atoms with Crippen LogP contribution in [0.1, 0.15) is 51.6 Å². The van der Waals surface area contributed by atoms with Crippen LogP contribution in [0.5, 0.6) is 0 Å². The number of benzene rings is 1. The van der Waals surface area contributed by atoms with Crippen LogP contribution in [0.2, 0.25) is 0 Å². The molecular formula is C17H27NO3. The third kappa shape index (κ3) is 4.83. The van der Waals surface area contributed by atoms with Crippen LogP contribution >= 0.6 is 0 Å². The second kappa shape index (κ2) is 8.15. The highest BCUT2D eigenvalue weighted by atomic mass is 16.4. The molecule has 1 aromatic carbocycles. The number of aliphatic hydroxyl groups excluding tert-OH is 1. The number of carbonyl (C=O) groups is 1. The molecule has 1 unspecified atom stereocenters. The lowest BCUT2D eigenvalue weighted by molar-refractivity contribution is -0.145. The predicted octanol–water partition coefficient (Wildman–Crippen LogP) is 2.98. The Morgan fingerprint density at radius 3 is 2.24 bits per heavy atom. The molecule has 0 aliphatic rings. The molecule has 0 aromatic heterocycles. The maximum atomic E-state index is 11.7. The summed E-state index contributed by atoms with van der Waals surface area (Å²) in [4.78, 5) is 11.7. The van der Waals surface area contributed by atoms with E-state index < -0.39 is 11.5 Å². The summed E-state index contributed by atoms with van der Waals surface area (Å²) in [7, 11) is 0. The molecule has 0 saturated heterocycles. The molecule has 4 nitrogen and oxygen atoms in total. The number of nitrogens with one attached hydrogen (secondary N) is 1. The molecule has 0 aliphatic carbocycles. The SMILES string of the molecule is CCC(CC)C[C@](C)(NC(CO)c1ccccc1)C(=O)O. The Balaban J connectivity index is 2.92. The Morgan fingerprint density at radius 1 is 1.24 bits per heavy atom. The van der Waals surface area contributed by atoms with E-state index >= 15 is 0 Å². The highest BCUT2D eigenvalue weighted by molar-refractivity contribution is 5.78.